The van der Waals surface area contributed by atoms with Crippen molar-refractivity contribution in [1.29, 1.82) is 0 Å². The van der Waals surface area contributed by atoms with Crippen LogP contribution >= 0.6 is 68.0 Å². The SMILES string of the molecule is Cc1cc2sc(-c3cc4sc(-c5cc6sc(C)cc6s5)cc4s3)cc2s1. The molecule has 0 aliphatic heterocycles. The van der Waals surface area contributed by atoms with Crippen LogP contribution in [0.1, 0.15) is 9.75 Å². The van der Waals surface area contributed by atoms with Gasteiger partial charge in [0.2, 0.25) is 0 Å². The lowest BCUT2D eigenvalue weighted by molar-refractivity contribution is 1.66. The highest BCUT2D eigenvalue weighted by atomic mass is 32.1. The third-order valence-corrected chi connectivity index (χ3v) is 11.5. The fourth-order valence-corrected chi connectivity index (χ4v) is 10.4. The second-order valence-electron chi connectivity index (χ2n) is 6.34. The molecule has 6 rings (SSSR count). The largest absolute Gasteiger partial charge is 0.140 e. The summed E-state index contributed by atoms with van der Waals surface area (Å²) in [5, 5.41) is 0. The molecule has 0 aliphatic carbocycles. The van der Waals surface area contributed by atoms with E-state index in [1.165, 1.54) is 57.5 Å². The van der Waals surface area contributed by atoms with Crippen LogP contribution in [0.15, 0.2) is 36.4 Å². The van der Waals surface area contributed by atoms with Crippen molar-refractivity contribution in [3.05, 3.63) is 46.2 Å². The van der Waals surface area contributed by atoms with Crippen LogP contribution in [0.25, 0.3) is 47.7 Å². The van der Waals surface area contributed by atoms with Gasteiger partial charge in [-0.25, -0.2) is 0 Å². The molecule has 0 atom stereocenters. The van der Waals surface area contributed by atoms with Crippen molar-refractivity contribution >= 4 is 96.2 Å². The van der Waals surface area contributed by atoms with Gasteiger partial charge in [0.15, 0.2) is 0 Å². The summed E-state index contributed by atoms with van der Waals surface area (Å²) in [6.07, 6.45) is 0. The van der Waals surface area contributed by atoms with Crippen LogP contribution < -0.4 is 0 Å². The van der Waals surface area contributed by atoms with Crippen LogP contribution in [0, 0.1) is 13.8 Å². The molecule has 0 nitrogen and oxygen atoms in total. The maximum Gasteiger partial charge on any atom is 0.0464 e. The van der Waals surface area contributed by atoms with Crippen molar-refractivity contribution in [2.75, 3.05) is 0 Å². The van der Waals surface area contributed by atoms with Gasteiger partial charge in [0.1, 0.15) is 0 Å². The molecule has 0 aromatic carbocycles. The molecule has 26 heavy (non-hydrogen) atoms. The van der Waals surface area contributed by atoms with E-state index in [0.29, 0.717) is 0 Å². The minimum Gasteiger partial charge on any atom is -0.140 e. The molecule has 128 valence electrons. The minimum atomic E-state index is 1.40. The Morgan fingerprint density at radius 1 is 0.385 bits per heavy atom. The first-order chi connectivity index (χ1) is 12.6. The highest BCUT2D eigenvalue weighted by Gasteiger charge is 2.14. The van der Waals surface area contributed by atoms with Gasteiger partial charge >= 0.3 is 0 Å². The molecule has 0 saturated carbocycles. The van der Waals surface area contributed by atoms with Crippen LogP contribution in [-0.4, -0.2) is 0 Å². The second kappa shape index (κ2) is 5.74. The average molecular weight is 445 g/mol. The zero-order valence-electron chi connectivity index (χ0n) is 13.9. The molecule has 0 N–H and O–H groups in total. The third kappa shape index (κ3) is 2.47. The topological polar surface area (TPSA) is 0 Å². The Balaban J connectivity index is 1.41. The summed E-state index contributed by atoms with van der Waals surface area (Å²) in [4.78, 5) is 8.45. The van der Waals surface area contributed by atoms with Gasteiger partial charge < -0.3 is 0 Å². The van der Waals surface area contributed by atoms with Gasteiger partial charge in [-0.05, 0) is 50.2 Å². The third-order valence-electron chi connectivity index (χ3n) is 4.35. The highest BCUT2D eigenvalue weighted by Crippen LogP contribution is 2.47. The average Bonchev–Trinajstić information content (AvgIpc) is 3.30. The van der Waals surface area contributed by atoms with Gasteiger partial charge in [-0.1, -0.05) is 0 Å². The van der Waals surface area contributed by atoms with Crippen molar-refractivity contribution in [2.45, 2.75) is 13.8 Å². The van der Waals surface area contributed by atoms with Crippen molar-refractivity contribution in [3.8, 4) is 19.5 Å². The number of thiophene rings is 6. The molecule has 6 heterocycles. The first kappa shape index (κ1) is 16.0. The number of rotatable bonds is 2. The monoisotopic (exact) mass is 444 g/mol. The van der Waals surface area contributed by atoms with E-state index in [-0.39, 0.29) is 0 Å². The van der Waals surface area contributed by atoms with E-state index in [0.717, 1.165) is 0 Å². The van der Waals surface area contributed by atoms with Crippen molar-refractivity contribution in [2.24, 2.45) is 0 Å². The van der Waals surface area contributed by atoms with Crippen LogP contribution in [0.5, 0.6) is 0 Å². The molecule has 0 aliphatic rings. The summed E-state index contributed by atoms with van der Waals surface area (Å²) < 4.78 is 8.53. The Labute approximate surface area is 174 Å². The molecule has 6 aromatic heterocycles. The van der Waals surface area contributed by atoms with E-state index in [1.54, 1.807) is 0 Å². The lowest BCUT2D eigenvalue weighted by atomic mass is 10.3. The Kier molecular flexibility index (Phi) is 3.53. The number of aryl methyl sites for hydroxylation is 2. The molecule has 0 amide bonds. The van der Waals surface area contributed by atoms with E-state index in [1.807, 2.05) is 68.0 Å². The Bertz CT molecular complexity index is 1210. The molecule has 0 bridgehead atoms. The summed E-state index contributed by atoms with van der Waals surface area (Å²) in [5.41, 5.74) is 0. The molecule has 0 spiro atoms. The van der Waals surface area contributed by atoms with Gasteiger partial charge in [0.05, 0.1) is 0 Å². The van der Waals surface area contributed by atoms with Crippen molar-refractivity contribution in [3.63, 3.8) is 0 Å². The summed E-state index contributed by atoms with van der Waals surface area (Å²) in [6.45, 7) is 4.38. The van der Waals surface area contributed by atoms with Gasteiger partial charge in [-0.15, -0.1) is 68.0 Å². The first-order valence-electron chi connectivity index (χ1n) is 8.16. The molecule has 6 aromatic rings. The molecule has 6 heteroatoms. The smallest absolute Gasteiger partial charge is 0.0464 e. The van der Waals surface area contributed by atoms with E-state index in [4.69, 9.17) is 0 Å². The van der Waals surface area contributed by atoms with Gasteiger partial charge in [-0.2, -0.15) is 0 Å². The molecular formula is C20H12S6. The van der Waals surface area contributed by atoms with Gasteiger partial charge in [0, 0.05) is 57.5 Å². The zero-order valence-corrected chi connectivity index (χ0v) is 18.8. The van der Waals surface area contributed by atoms with Gasteiger partial charge in [0.25, 0.3) is 0 Å². The van der Waals surface area contributed by atoms with E-state index < -0.39 is 0 Å². The van der Waals surface area contributed by atoms with E-state index in [2.05, 4.69) is 50.2 Å². The molecule has 0 radical (unpaired) electrons. The first-order valence-corrected chi connectivity index (χ1v) is 13.1. The highest BCUT2D eigenvalue weighted by molar-refractivity contribution is 7.36. The Morgan fingerprint density at radius 2 is 0.654 bits per heavy atom. The van der Waals surface area contributed by atoms with Crippen LogP contribution in [-0.2, 0) is 0 Å². The van der Waals surface area contributed by atoms with E-state index >= 15 is 0 Å². The fraction of sp³-hybridized carbons (Fsp3) is 0.100. The molecule has 0 saturated heterocycles. The van der Waals surface area contributed by atoms with Gasteiger partial charge in [-0.3, -0.25) is 0 Å². The molecule has 0 unspecified atom stereocenters. The maximum absolute atomic E-state index is 2.39. The quantitative estimate of drug-likeness (QED) is 0.249. The summed E-state index contributed by atoms with van der Waals surface area (Å²) in [6, 6.07) is 14.1. The van der Waals surface area contributed by atoms with Crippen LogP contribution in [0.4, 0.5) is 0 Å². The van der Waals surface area contributed by atoms with Crippen LogP contribution in [0.3, 0.4) is 0 Å². The summed E-state index contributed by atoms with van der Waals surface area (Å²) in [5.74, 6) is 0. The normalized spacial score (nSPS) is 12.2. The van der Waals surface area contributed by atoms with Crippen molar-refractivity contribution < 1.29 is 0 Å². The number of fused-ring (bicyclic) bond motifs is 3. The Hall–Kier alpha value is -1.02. The van der Waals surface area contributed by atoms with Crippen molar-refractivity contribution in [1.82, 2.24) is 0 Å². The summed E-state index contributed by atoms with van der Waals surface area (Å²) >= 11 is 11.5. The summed E-state index contributed by atoms with van der Waals surface area (Å²) in [7, 11) is 0. The maximum atomic E-state index is 2.39. The van der Waals surface area contributed by atoms with Crippen LogP contribution in [0.2, 0.25) is 0 Å². The van der Waals surface area contributed by atoms with E-state index in [9.17, 15) is 0 Å². The molecular weight excluding hydrogens is 433 g/mol. The second-order valence-corrected chi connectivity index (χ2v) is 13.3. The zero-order chi connectivity index (χ0) is 17.4. The fourth-order valence-electron chi connectivity index (χ4n) is 3.23. The lowest BCUT2D eigenvalue weighted by Crippen LogP contribution is -1.60. The standard InChI is InChI=1S/C20H12S6/c1-9-3-11-13(21-9)5-15(23-11)17-7-19-20(25-17)8-18(26-19)16-6-14-12(24-16)4-10(2)22-14/h3-8H,1-2H3. The minimum absolute atomic E-state index is 1.40. The predicted molar refractivity (Wildman–Crippen MR) is 127 cm³/mol. The number of hydrogen-bond donors (Lipinski definition) is 0. The Morgan fingerprint density at radius 3 is 0.962 bits per heavy atom. The molecule has 0 fully saturated rings. The lowest BCUT2D eigenvalue weighted by Gasteiger charge is -1.90. The predicted octanol–water partition coefficient (Wildman–Crippen LogP) is 9.47. The number of hydrogen-bond acceptors (Lipinski definition) is 6.